The molecule has 8 heteroatoms. The van der Waals surface area contributed by atoms with E-state index < -0.39 is 16.0 Å². The number of esters is 1. The molecule has 0 aliphatic carbocycles. The van der Waals surface area contributed by atoms with Crippen LogP contribution in [0.3, 0.4) is 0 Å². The quantitative estimate of drug-likeness (QED) is 0.412. The molecule has 22 heavy (non-hydrogen) atoms. The van der Waals surface area contributed by atoms with Crippen molar-refractivity contribution < 1.29 is 17.9 Å². The van der Waals surface area contributed by atoms with Crippen molar-refractivity contribution in [3.63, 3.8) is 0 Å². The second kappa shape index (κ2) is 9.27. The van der Waals surface area contributed by atoms with E-state index in [-0.39, 0.29) is 18.2 Å². The molecule has 0 unspecified atom stereocenters. The fourth-order valence-electron chi connectivity index (χ4n) is 1.72. The van der Waals surface area contributed by atoms with Crippen molar-refractivity contribution in [1.82, 2.24) is 0 Å². The van der Waals surface area contributed by atoms with Crippen molar-refractivity contribution in [2.45, 2.75) is 25.2 Å². The molecule has 0 aliphatic heterocycles. The minimum atomic E-state index is -3.48. The van der Waals surface area contributed by atoms with Gasteiger partial charge >= 0.3 is 5.97 Å². The molecule has 5 nitrogen and oxygen atoms in total. The third kappa shape index (κ3) is 6.46. The number of halogens is 1. The van der Waals surface area contributed by atoms with Crippen LogP contribution in [0.25, 0.3) is 0 Å². The maximum absolute atomic E-state index is 11.9. The maximum atomic E-state index is 11.9. The van der Waals surface area contributed by atoms with E-state index in [1.54, 1.807) is 19.1 Å². The maximum Gasteiger partial charge on any atom is 0.338 e. The van der Waals surface area contributed by atoms with E-state index in [1.165, 1.54) is 17.8 Å². The van der Waals surface area contributed by atoms with E-state index in [0.29, 0.717) is 17.7 Å². The van der Waals surface area contributed by atoms with Crippen LogP contribution in [0.15, 0.2) is 23.1 Å². The first-order chi connectivity index (χ1) is 10.4. The summed E-state index contributed by atoms with van der Waals surface area (Å²) in [5.74, 6) is 0.559. The van der Waals surface area contributed by atoms with Crippen LogP contribution in [0, 0.1) is 0 Å². The van der Waals surface area contributed by atoms with E-state index >= 15 is 0 Å². The lowest BCUT2D eigenvalue weighted by molar-refractivity contribution is 0.0526. The second-order valence-electron chi connectivity index (χ2n) is 4.36. The van der Waals surface area contributed by atoms with Crippen LogP contribution in [0.1, 0.15) is 30.6 Å². The monoisotopic (exact) mass is 365 g/mol. The Morgan fingerprint density at radius 3 is 2.64 bits per heavy atom. The van der Waals surface area contributed by atoms with Crippen LogP contribution in [0.5, 0.6) is 0 Å². The number of carbonyl (C=O) groups is 1. The van der Waals surface area contributed by atoms with Crippen molar-refractivity contribution in [2.24, 2.45) is 0 Å². The van der Waals surface area contributed by atoms with Gasteiger partial charge in [0.2, 0.25) is 10.0 Å². The molecule has 0 atom stereocenters. The first kappa shape index (κ1) is 19.1. The second-order valence-corrected chi connectivity index (χ2v) is 7.92. The van der Waals surface area contributed by atoms with Gasteiger partial charge in [-0.1, -0.05) is 6.92 Å². The summed E-state index contributed by atoms with van der Waals surface area (Å²) in [5.41, 5.74) is 0.686. The number of sulfonamides is 1. The molecule has 0 saturated carbocycles. The fourth-order valence-corrected chi connectivity index (χ4v) is 3.86. The summed E-state index contributed by atoms with van der Waals surface area (Å²) in [4.78, 5) is 12.7. The minimum absolute atomic E-state index is 0.0591. The van der Waals surface area contributed by atoms with E-state index in [0.717, 1.165) is 10.6 Å². The van der Waals surface area contributed by atoms with Gasteiger partial charge in [0.15, 0.2) is 0 Å². The summed E-state index contributed by atoms with van der Waals surface area (Å²) in [6.07, 6.45) is 0.366. The van der Waals surface area contributed by atoms with Gasteiger partial charge in [0.1, 0.15) is 0 Å². The molecule has 124 valence electrons. The molecule has 0 saturated heterocycles. The zero-order valence-corrected chi connectivity index (χ0v) is 15.0. The number of ether oxygens (including phenoxy) is 1. The number of anilines is 1. The molecule has 0 aromatic heterocycles. The van der Waals surface area contributed by atoms with Crippen molar-refractivity contribution in [3.8, 4) is 0 Å². The number of thioether (sulfide) groups is 1. The van der Waals surface area contributed by atoms with Crippen LogP contribution in [0.4, 0.5) is 5.69 Å². The summed E-state index contributed by atoms with van der Waals surface area (Å²) in [6, 6.07) is 4.88. The van der Waals surface area contributed by atoms with Crippen molar-refractivity contribution in [3.05, 3.63) is 23.8 Å². The molecule has 0 heterocycles. The van der Waals surface area contributed by atoms with Gasteiger partial charge in [-0.15, -0.1) is 23.4 Å². The van der Waals surface area contributed by atoms with E-state index in [9.17, 15) is 13.2 Å². The zero-order valence-electron chi connectivity index (χ0n) is 12.6. The smallest absolute Gasteiger partial charge is 0.338 e. The summed E-state index contributed by atoms with van der Waals surface area (Å²) in [7, 11) is -3.48. The van der Waals surface area contributed by atoms with Crippen LogP contribution in [-0.2, 0) is 14.8 Å². The Morgan fingerprint density at radius 2 is 2.05 bits per heavy atom. The zero-order chi connectivity index (χ0) is 16.6. The Kier molecular flexibility index (Phi) is 8.06. The molecule has 0 radical (unpaired) electrons. The summed E-state index contributed by atoms with van der Waals surface area (Å²) >= 11 is 7.04. The first-order valence-electron chi connectivity index (χ1n) is 6.93. The van der Waals surface area contributed by atoms with E-state index in [1.807, 2.05) is 6.92 Å². The molecule has 0 spiro atoms. The van der Waals surface area contributed by atoms with Gasteiger partial charge < -0.3 is 4.74 Å². The Hall–Kier alpha value is -0.920. The summed E-state index contributed by atoms with van der Waals surface area (Å²) < 4.78 is 31.3. The fraction of sp³-hybridized carbons (Fsp3) is 0.500. The Labute approximate surface area is 140 Å². The van der Waals surface area contributed by atoms with Gasteiger partial charge in [0.25, 0.3) is 0 Å². The normalized spacial score (nSPS) is 11.2. The number of alkyl halides is 1. The predicted molar refractivity (Wildman–Crippen MR) is 91.5 cm³/mol. The van der Waals surface area contributed by atoms with Crippen LogP contribution in [0.2, 0.25) is 0 Å². The molecule has 1 aromatic carbocycles. The number of rotatable bonds is 9. The highest BCUT2D eigenvalue weighted by Gasteiger charge is 2.14. The number of hydrogen-bond donors (Lipinski definition) is 1. The van der Waals surface area contributed by atoms with Gasteiger partial charge in [-0.2, -0.15) is 0 Å². The van der Waals surface area contributed by atoms with Crippen molar-refractivity contribution in [2.75, 3.05) is 28.7 Å². The molecule has 0 bridgehead atoms. The topological polar surface area (TPSA) is 72.5 Å². The standard InChI is InChI=1S/C14H20ClNO4S2/c1-3-20-14(17)11-8-12(10-13(9-11)21-4-2)16-22(18,19)7-5-6-15/h8-10,16H,3-7H2,1-2H3. The van der Waals surface area contributed by atoms with Gasteiger partial charge in [-0.05, 0) is 37.3 Å². The average Bonchev–Trinajstić information content (AvgIpc) is 2.45. The Bertz CT molecular complexity index is 605. The van der Waals surface area contributed by atoms with Gasteiger partial charge in [0.05, 0.1) is 23.6 Å². The molecule has 0 aliphatic rings. The lowest BCUT2D eigenvalue weighted by Gasteiger charge is -2.11. The molecule has 0 amide bonds. The van der Waals surface area contributed by atoms with Crippen LogP contribution in [-0.4, -0.2) is 38.4 Å². The summed E-state index contributed by atoms with van der Waals surface area (Å²) in [5, 5.41) is 0. The predicted octanol–water partition coefficient (Wildman–Crippen LogP) is 3.35. The average molecular weight is 366 g/mol. The highest BCUT2D eigenvalue weighted by Crippen LogP contribution is 2.25. The van der Waals surface area contributed by atoms with Crippen LogP contribution >= 0.6 is 23.4 Å². The van der Waals surface area contributed by atoms with E-state index in [2.05, 4.69) is 4.72 Å². The largest absolute Gasteiger partial charge is 0.462 e. The number of carbonyl (C=O) groups excluding carboxylic acids is 1. The highest BCUT2D eigenvalue weighted by molar-refractivity contribution is 7.99. The molecular weight excluding hydrogens is 346 g/mol. The first-order valence-corrected chi connectivity index (χ1v) is 10.1. The summed E-state index contributed by atoms with van der Waals surface area (Å²) in [6.45, 7) is 3.96. The third-order valence-corrected chi connectivity index (χ3v) is 5.05. The molecule has 1 rings (SSSR count). The number of hydrogen-bond acceptors (Lipinski definition) is 5. The molecule has 1 aromatic rings. The van der Waals surface area contributed by atoms with Gasteiger partial charge in [0, 0.05) is 10.8 Å². The van der Waals surface area contributed by atoms with Crippen molar-refractivity contribution in [1.29, 1.82) is 0 Å². The molecule has 1 N–H and O–H groups in total. The SMILES string of the molecule is CCOC(=O)c1cc(NS(=O)(=O)CCCCl)cc(SCC)c1. The number of benzene rings is 1. The van der Waals surface area contributed by atoms with Gasteiger partial charge in [-0.25, -0.2) is 13.2 Å². The minimum Gasteiger partial charge on any atom is -0.462 e. The lowest BCUT2D eigenvalue weighted by atomic mass is 10.2. The van der Waals surface area contributed by atoms with E-state index in [4.69, 9.17) is 16.3 Å². The molecule has 0 fully saturated rings. The number of nitrogens with one attached hydrogen (secondary N) is 1. The lowest BCUT2D eigenvalue weighted by Crippen LogP contribution is -2.17. The Morgan fingerprint density at radius 1 is 1.32 bits per heavy atom. The van der Waals surface area contributed by atoms with Gasteiger partial charge in [-0.3, -0.25) is 4.72 Å². The molecular formula is C14H20ClNO4S2. The highest BCUT2D eigenvalue weighted by atomic mass is 35.5. The van der Waals surface area contributed by atoms with Crippen LogP contribution < -0.4 is 4.72 Å². The Balaban J connectivity index is 3.04. The van der Waals surface area contributed by atoms with Crippen molar-refractivity contribution >= 4 is 45.0 Å². The third-order valence-electron chi connectivity index (χ3n) is 2.55.